The molecule has 8 nitrogen and oxygen atoms in total. The molecule has 2 rings (SSSR count). The van der Waals surface area contributed by atoms with E-state index in [0.29, 0.717) is 32.2 Å². The first-order valence-electron chi connectivity index (χ1n) is 9.68. The SMILES string of the molecule is CCS(=O)(=O)C[C@@H]1C[C@H](NC(=O)OC(C)(C)C)CC[C@@H]1N1CC[C@H](N)C1=O. The van der Waals surface area contributed by atoms with E-state index in [-0.39, 0.29) is 35.4 Å². The van der Waals surface area contributed by atoms with Crippen LogP contribution < -0.4 is 11.1 Å². The van der Waals surface area contributed by atoms with Crippen molar-refractivity contribution in [2.75, 3.05) is 18.1 Å². The number of alkyl carbamates (subject to hydrolysis) is 1. The average Bonchev–Trinajstić information content (AvgIpc) is 2.85. The monoisotopic (exact) mass is 403 g/mol. The van der Waals surface area contributed by atoms with Crippen LogP contribution in [0.2, 0.25) is 0 Å². The molecule has 3 N–H and O–H groups in total. The third-order valence-electron chi connectivity index (χ3n) is 5.25. The number of carbonyl (C=O) groups excluding carboxylic acids is 2. The Morgan fingerprint density at radius 3 is 2.48 bits per heavy atom. The summed E-state index contributed by atoms with van der Waals surface area (Å²) in [7, 11) is -3.21. The summed E-state index contributed by atoms with van der Waals surface area (Å²) in [6.07, 6.45) is 1.92. The summed E-state index contributed by atoms with van der Waals surface area (Å²) < 4.78 is 29.8. The molecule has 2 fully saturated rings. The molecule has 2 amide bonds. The average molecular weight is 404 g/mol. The molecule has 4 atom stereocenters. The number of amides is 2. The molecule has 156 valence electrons. The number of sulfone groups is 1. The minimum absolute atomic E-state index is 0.0136. The van der Waals surface area contributed by atoms with Crippen LogP contribution in [0.15, 0.2) is 0 Å². The van der Waals surface area contributed by atoms with E-state index in [1.54, 1.807) is 32.6 Å². The lowest BCUT2D eigenvalue weighted by atomic mass is 9.81. The fraction of sp³-hybridized carbons (Fsp3) is 0.889. The van der Waals surface area contributed by atoms with E-state index < -0.39 is 27.6 Å². The van der Waals surface area contributed by atoms with Gasteiger partial charge in [-0.2, -0.15) is 0 Å². The molecule has 0 bridgehead atoms. The second kappa shape index (κ2) is 8.34. The van der Waals surface area contributed by atoms with Gasteiger partial charge in [0, 0.05) is 24.4 Å². The van der Waals surface area contributed by atoms with E-state index in [9.17, 15) is 18.0 Å². The molecule has 0 aromatic rings. The van der Waals surface area contributed by atoms with Gasteiger partial charge in [-0.15, -0.1) is 0 Å². The molecule has 0 unspecified atom stereocenters. The van der Waals surface area contributed by atoms with Crippen molar-refractivity contribution >= 4 is 21.8 Å². The number of nitrogens with one attached hydrogen (secondary N) is 1. The molecular formula is C18H33N3O5S. The van der Waals surface area contributed by atoms with Gasteiger partial charge >= 0.3 is 6.09 Å². The van der Waals surface area contributed by atoms with Crippen molar-refractivity contribution in [1.82, 2.24) is 10.2 Å². The predicted molar refractivity (Wildman–Crippen MR) is 103 cm³/mol. The predicted octanol–water partition coefficient (Wildman–Crippen LogP) is 1.04. The fourth-order valence-corrected chi connectivity index (χ4v) is 5.19. The van der Waals surface area contributed by atoms with E-state index in [1.807, 2.05) is 0 Å². The largest absolute Gasteiger partial charge is 0.444 e. The first-order valence-corrected chi connectivity index (χ1v) is 11.5. The molecule has 1 saturated carbocycles. The summed E-state index contributed by atoms with van der Waals surface area (Å²) in [4.78, 5) is 26.2. The van der Waals surface area contributed by atoms with Gasteiger partial charge in [0.25, 0.3) is 0 Å². The van der Waals surface area contributed by atoms with Crippen molar-refractivity contribution in [2.24, 2.45) is 11.7 Å². The van der Waals surface area contributed by atoms with E-state index >= 15 is 0 Å². The van der Waals surface area contributed by atoms with Gasteiger partial charge in [0.05, 0.1) is 11.8 Å². The smallest absolute Gasteiger partial charge is 0.407 e. The van der Waals surface area contributed by atoms with Crippen molar-refractivity contribution in [3.05, 3.63) is 0 Å². The van der Waals surface area contributed by atoms with Crippen molar-refractivity contribution in [1.29, 1.82) is 0 Å². The standard InChI is InChI=1S/C18H33N3O5S/c1-5-27(24,25)11-12-10-13(20-17(23)26-18(2,3)4)6-7-15(12)21-9-8-14(19)16(21)22/h12-15H,5-11,19H2,1-4H3,(H,20,23)/t12-,13+,14-,15-/m0/s1. The summed E-state index contributed by atoms with van der Waals surface area (Å²) in [5.74, 6) is -0.247. The van der Waals surface area contributed by atoms with Crippen LogP contribution in [0.3, 0.4) is 0 Å². The zero-order valence-electron chi connectivity index (χ0n) is 16.7. The summed E-state index contributed by atoms with van der Waals surface area (Å²) in [6.45, 7) is 7.57. The second-order valence-corrected chi connectivity index (χ2v) is 11.0. The Balaban J connectivity index is 2.10. The van der Waals surface area contributed by atoms with Gasteiger partial charge in [-0.05, 0) is 52.4 Å². The van der Waals surface area contributed by atoms with E-state index in [0.717, 1.165) is 0 Å². The molecular weight excluding hydrogens is 370 g/mol. The molecule has 1 aliphatic carbocycles. The maximum atomic E-state index is 12.4. The normalized spacial score (nSPS) is 29.7. The second-order valence-electron chi connectivity index (χ2n) is 8.61. The van der Waals surface area contributed by atoms with Crippen LogP contribution in [-0.2, 0) is 19.4 Å². The number of nitrogens with zero attached hydrogens (tertiary/aromatic N) is 1. The Hall–Kier alpha value is -1.35. The van der Waals surface area contributed by atoms with Crippen LogP contribution in [-0.4, -0.2) is 67.1 Å². The lowest BCUT2D eigenvalue weighted by Crippen LogP contribution is -2.52. The van der Waals surface area contributed by atoms with Gasteiger partial charge < -0.3 is 20.7 Å². The van der Waals surface area contributed by atoms with Gasteiger partial charge in [-0.1, -0.05) is 6.92 Å². The molecule has 2 aliphatic rings. The number of hydrogen-bond donors (Lipinski definition) is 2. The topological polar surface area (TPSA) is 119 Å². The van der Waals surface area contributed by atoms with Crippen LogP contribution in [0.4, 0.5) is 4.79 Å². The van der Waals surface area contributed by atoms with E-state index in [2.05, 4.69) is 5.32 Å². The van der Waals surface area contributed by atoms with Crippen LogP contribution >= 0.6 is 0 Å². The van der Waals surface area contributed by atoms with Crippen molar-refractivity contribution in [2.45, 2.75) is 77.1 Å². The Bertz CT molecular complexity index is 658. The number of rotatable bonds is 5. The highest BCUT2D eigenvalue weighted by atomic mass is 32.2. The third kappa shape index (κ3) is 6.07. The van der Waals surface area contributed by atoms with Crippen molar-refractivity contribution in [3.63, 3.8) is 0 Å². The number of hydrogen-bond acceptors (Lipinski definition) is 6. The maximum absolute atomic E-state index is 12.4. The highest BCUT2D eigenvalue weighted by Crippen LogP contribution is 2.32. The van der Waals surface area contributed by atoms with Gasteiger partial charge in [0.15, 0.2) is 0 Å². The minimum Gasteiger partial charge on any atom is -0.444 e. The Kier molecular flexibility index (Phi) is 6.78. The van der Waals surface area contributed by atoms with Crippen LogP contribution in [0, 0.1) is 5.92 Å². The summed E-state index contributed by atoms with van der Waals surface area (Å²) in [6, 6.07) is -0.811. The van der Waals surface area contributed by atoms with Gasteiger partial charge in [0.2, 0.25) is 5.91 Å². The van der Waals surface area contributed by atoms with Gasteiger partial charge in [-0.25, -0.2) is 13.2 Å². The van der Waals surface area contributed by atoms with Crippen molar-refractivity contribution in [3.8, 4) is 0 Å². The fourth-order valence-electron chi connectivity index (χ4n) is 3.94. The minimum atomic E-state index is -3.21. The molecule has 1 heterocycles. The number of ether oxygens (including phenoxy) is 1. The molecule has 0 aromatic heterocycles. The summed E-state index contributed by atoms with van der Waals surface area (Å²) in [5, 5.41) is 2.86. The Morgan fingerprint density at radius 2 is 1.96 bits per heavy atom. The number of nitrogens with two attached hydrogens (primary N) is 1. The Labute approximate surface area is 162 Å². The van der Waals surface area contributed by atoms with Gasteiger partial charge in [0.1, 0.15) is 15.4 Å². The van der Waals surface area contributed by atoms with Gasteiger partial charge in [-0.3, -0.25) is 4.79 Å². The molecule has 9 heteroatoms. The maximum Gasteiger partial charge on any atom is 0.407 e. The van der Waals surface area contributed by atoms with E-state index in [4.69, 9.17) is 10.5 Å². The van der Waals surface area contributed by atoms with Crippen molar-refractivity contribution < 1.29 is 22.7 Å². The molecule has 0 radical (unpaired) electrons. The number of likely N-dealkylation sites (tertiary alicyclic amines) is 1. The third-order valence-corrected chi connectivity index (χ3v) is 7.07. The first kappa shape index (κ1) is 21.9. The van der Waals surface area contributed by atoms with Crippen LogP contribution in [0.25, 0.3) is 0 Å². The quantitative estimate of drug-likeness (QED) is 0.708. The highest BCUT2D eigenvalue weighted by molar-refractivity contribution is 7.91. The zero-order chi connectivity index (χ0) is 20.4. The molecule has 1 aliphatic heterocycles. The summed E-state index contributed by atoms with van der Waals surface area (Å²) in [5.41, 5.74) is 5.25. The van der Waals surface area contributed by atoms with Crippen LogP contribution in [0.5, 0.6) is 0 Å². The summed E-state index contributed by atoms with van der Waals surface area (Å²) >= 11 is 0. The molecule has 0 spiro atoms. The Morgan fingerprint density at radius 1 is 1.30 bits per heavy atom. The lowest BCUT2D eigenvalue weighted by Gasteiger charge is -2.41. The molecule has 0 aromatic carbocycles. The number of carbonyl (C=O) groups is 2. The zero-order valence-corrected chi connectivity index (χ0v) is 17.5. The lowest BCUT2D eigenvalue weighted by molar-refractivity contribution is -0.132. The molecule has 1 saturated heterocycles. The highest BCUT2D eigenvalue weighted by Gasteiger charge is 2.42. The van der Waals surface area contributed by atoms with Crippen LogP contribution in [0.1, 0.15) is 53.4 Å². The van der Waals surface area contributed by atoms with E-state index in [1.165, 1.54) is 0 Å². The first-order chi connectivity index (χ1) is 12.4. The molecule has 27 heavy (non-hydrogen) atoms.